The van der Waals surface area contributed by atoms with Crippen LogP contribution in [0.15, 0.2) is 0 Å². The minimum Gasteiger partial charge on any atom is -0.393 e. The number of aliphatic hydroxyl groups excluding tert-OH is 1. The van der Waals surface area contributed by atoms with Crippen molar-refractivity contribution in [3.63, 3.8) is 0 Å². The summed E-state index contributed by atoms with van der Waals surface area (Å²) in [5, 5.41) is 10.0. The largest absolute Gasteiger partial charge is 0.393 e. The third kappa shape index (κ3) is 4.82. The molecule has 1 N–H and O–H groups in total. The summed E-state index contributed by atoms with van der Waals surface area (Å²) >= 11 is 0. The van der Waals surface area contributed by atoms with E-state index in [0.29, 0.717) is 25.4 Å². The molecule has 0 spiro atoms. The van der Waals surface area contributed by atoms with E-state index in [4.69, 9.17) is 0 Å². The first kappa shape index (κ1) is 19.0. The molecule has 0 heterocycles. The highest BCUT2D eigenvalue weighted by molar-refractivity contribution is 6.28. The van der Waals surface area contributed by atoms with Crippen LogP contribution in [0.25, 0.3) is 0 Å². The lowest BCUT2D eigenvalue weighted by Crippen LogP contribution is -2.17. The topological polar surface area (TPSA) is 88.5 Å². The zero-order valence-electron chi connectivity index (χ0n) is 14.3. The molecule has 0 aromatic carbocycles. The van der Waals surface area contributed by atoms with E-state index in [-0.39, 0.29) is 28.5 Å². The molecule has 5 nitrogen and oxygen atoms in total. The van der Waals surface area contributed by atoms with Crippen LogP contribution in [0.5, 0.6) is 0 Å². The van der Waals surface area contributed by atoms with Crippen molar-refractivity contribution in [3.8, 4) is 0 Å². The maximum Gasteiger partial charge on any atom is 0.201 e. The average Bonchev–Trinajstić information content (AvgIpc) is 3.50. The van der Waals surface area contributed by atoms with Crippen molar-refractivity contribution in [1.29, 1.82) is 0 Å². The predicted octanol–water partition coefficient (Wildman–Crippen LogP) is 2.56. The minimum atomic E-state index is -0.365. The number of hydrogen-bond acceptors (Lipinski definition) is 5. The molecule has 0 amide bonds. The quantitative estimate of drug-likeness (QED) is 0.299. The standard InChI is InChI=1S/C19H28O5/c20-13-16(23)18(9-10-18)7-3-1-5-15(22)6-2-4-8-19(11-12-19)17(24)14-21/h13-15,22H,1-12H2. The molecule has 0 saturated heterocycles. The van der Waals surface area contributed by atoms with Crippen molar-refractivity contribution < 1.29 is 24.3 Å². The molecule has 0 unspecified atom stereocenters. The number of ketones is 2. The molecule has 2 fully saturated rings. The van der Waals surface area contributed by atoms with Crippen LogP contribution in [-0.2, 0) is 19.2 Å². The molecule has 0 bridgehead atoms. The Morgan fingerprint density at radius 2 is 1.17 bits per heavy atom. The van der Waals surface area contributed by atoms with Crippen molar-refractivity contribution in [3.05, 3.63) is 0 Å². The molecular weight excluding hydrogens is 308 g/mol. The highest BCUT2D eigenvalue weighted by Crippen LogP contribution is 2.51. The monoisotopic (exact) mass is 336 g/mol. The Balaban J connectivity index is 1.51. The summed E-state index contributed by atoms with van der Waals surface area (Å²) < 4.78 is 0. The smallest absolute Gasteiger partial charge is 0.201 e. The maximum absolute atomic E-state index is 11.5. The molecule has 0 aliphatic heterocycles. The van der Waals surface area contributed by atoms with Gasteiger partial charge < -0.3 is 5.11 Å². The van der Waals surface area contributed by atoms with Crippen molar-refractivity contribution >= 4 is 24.1 Å². The van der Waals surface area contributed by atoms with E-state index in [0.717, 1.165) is 64.2 Å². The fraction of sp³-hybridized carbons (Fsp3) is 0.789. The Kier molecular flexibility index (Phi) is 6.44. The Morgan fingerprint density at radius 1 is 0.792 bits per heavy atom. The van der Waals surface area contributed by atoms with E-state index < -0.39 is 0 Å². The Labute approximate surface area is 143 Å². The van der Waals surface area contributed by atoms with E-state index in [1.54, 1.807) is 0 Å². The summed E-state index contributed by atoms with van der Waals surface area (Å²) in [7, 11) is 0. The molecule has 0 aromatic heterocycles. The van der Waals surface area contributed by atoms with Crippen molar-refractivity contribution in [1.82, 2.24) is 0 Å². The molecule has 2 saturated carbocycles. The molecule has 0 aromatic rings. The van der Waals surface area contributed by atoms with Crippen LogP contribution in [0.3, 0.4) is 0 Å². The molecule has 2 rings (SSSR count). The Bertz CT molecular complexity index is 444. The molecule has 5 heteroatoms. The van der Waals surface area contributed by atoms with Gasteiger partial charge in [0.2, 0.25) is 11.6 Å². The first-order valence-electron chi connectivity index (χ1n) is 9.15. The van der Waals surface area contributed by atoms with Crippen molar-refractivity contribution in [2.45, 2.75) is 83.2 Å². The van der Waals surface area contributed by atoms with Gasteiger partial charge in [-0.2, -0.15) is 0 Å². The van der Waals surface area contributed by atoms with Crippen LogP contribution < -0.4 is 0 Å². The van der Waals surface area contributed by atoms with E-state index in [9.17, 15) is 24.3 Å². The van der Waals surface area contributed by atoms with Crippen molar-refractivity contribution in [2.24, 2.45) is 10.8 Å². The highest BCUT2D eigenvalue weighted by Gasteiger charge is 2.49. The Hall–Kier alpha value is -1.36. The van der Waals surface area contributed by atoms with Gasteiger partial charge in [-0.1, -0.05) is 25.7 Å². The van der Waals surface area contributed by atoms with Crippen LogP contribution in [0.2, 0.25) is 0 Å². The minimum absolute atomic E-state index is 0.262. The SMILES string of the molecule is O=CC(=O)C1(CCCCC(O)CCCCC2(C(=O)C=O)CC2)CC1. The van der Waals surface area contributed by atoms with Gasteiger partial charge in [-0.3, -0.25) is 19.2 Å². The average molecular weight is 336 g/mol. The summed E-state index contributed by atoms with van der Waals surface area (Å²) in [6.45, 7) is 0. The summed E-state index contributed by atoms with van der Waals surface area (Å²) in [5.41, 5.74) is -0.729. The first-order chi connectivity index (χ1) is 11.5. The third-order valence-electron chi connectivity index (χ3n) is 5.85. The number of carbonyl (C=O) groups excluding carboxylic acids is 4. The maximum atomic E-state index is 11.5. The highest BCUT2D eigenvalue weighted by atomic mass is 16.3. The number of aldehydes is 2. The summed E-state index contributed by atoms with van der Waals surface area (Å²) in [6.07, 6.45) is 10.3. The lowest BCUT2D eigenvalue weighted by Gasteiger charge is -2.14. The normalized spacial score (nSPS) is 19.8. The number of hydrogen-bond donors (Lipinski definition) is 1. The summed E-state index contributed by atoms with van der Waals surface area (Å²) in [4.78, 5) is 44.2. The summed E-state index contributed by atoms with van der Waals surface area (Å²) in [6, 6.07) is 0. The van der Waals surface area contributed by atoms with Gasteiger partial charge in [0.1, 0.15) is 0 Å². The van der Waals surface area contributed by atoms with Gasteiger partial charge in [0.05, 0.1) is 6.10 Å². The van der Waals surface area contributed by atoms with Gasteiger partial charge >= 0.3 is 0 Å². The molecule has 0 atom stereocenters. The molecule has 2 aliphatic carbocycles. The second kappa shape index (κ2) is 8.15. The molecular formula is C19H28O5. The fourth-order valence-corrected chi connectivity index (χ4v) is 3.62. The van der Waals surface area contributed by atoms with Gasteiger partial charge in [0.25, 0.3) is 0 Å². The fourth-order valence-electron chi connectivity index (χ4n) is 3.62. The number of unbranched alkanes of at least 4 members (excludes halogenated alkanes) is 2. The zero-order valence-corrected chi connectivity index (χ0v) is 14.3. The van der Waals surface area contributed by atoms with Crippen molar-refractivity contribution in [2.75, 3.05) is 0 Å². The van der Waals surface area contributed by atoms with Gasteiger partial charge in [-0.15, -0.1) is 0 Å². The second-order valence-corrected chi connectivity index (χ2v) is 7.67. The second-order valence-electron chi connectivity index (χ2n) is 7.67. The van der Waals surface area contributed by atoms with Gasteiger partial charge in [-0.05, 0) is 51.4 Å². The van der Waals surface area contributed by atoms with Gasteiger partial charge in [-0.25, -0.2) is 0 Å². The molecule has 0 radical (unpaired) electrons. The predicted molar refractivity (Wildman–Crippen MR) is 88.4 cm³/mol. The van der Waals surface area contributed by atoms with Gasteiger partial charge in [0, 0.05) is 10.8 Å². The van der Waals surface area contributed by atoms with Crippen LogP contribution >= 0.6 is 0 Å². The van der Waals surface area contributed by atoms with Crippen LogP contribution in [-0.4, -0.2) is 35.3 Å². The van der Waals surface area contributed by atoms with Crippen LogP contribution in [0.4, 0.5) is 0 Å². The lowest BCUT2D eigenvalue weighted by molar-refractivity contribution is -0.133. The van der Waals surface area contributed by atoms with E-state index in [1.807, 2.05) is 0 Å². The first-order valence-corrected chi connectivity index (χ1v) is 9.15. The van der Waals surface area contributed by atoms with Gasteiger partial charge in [0.15, 0.2) is 12.6 Å². The third-order valence-corrected chi connectivity index (χ3v) is 5.85. The number of Topliss-reactive ketones (excluding diaryl/α,β-unsaturated/α-hetero) is 2. The molecule has 24 heavy (non-hydrogen) atoms. The van der Waals surface area contributed by atoms with Crippen LogP contribution in [0.1, 0.15) is 77.0 Å². The number of aliphatic hydroxyl groups is 1. The number of carbonyl (C=O) groups is 4. The number of rotatable bonds is 14. The summed E-state index contributed by atoms with van der Waals surface area (Å²) in [5.74, 6) is -0.524. The van der Waals surface area contributed by atoms with E-state index in [2.05, 4.69) is 0 Å². The molecule has 2 aliphatic rings. The molecule has 134 valence electrons. The zero-order chi connectivity index (χ0) is 17.6. The Morgan fingerprint density at radius 3 is 1.46 bits per heavy atom. The lowest BCUT2D eigenvalue weighted by atomic mass is 9.92. The van der Waals surface area contributed by atoms with Crippen LogP contribution in [0, 0.1) is 10.8 Å². The van der Waals surface area contributed by atoms with E-state index >= 15 is 0 Å². The van der Waals surface area contributed by atoms with E-state index in [1.165, 1.54) is 0 Å².